The first-order chi connectivity index (χ1) is 11.1. The molecule has 8 nitrogen and oxygen atoms in total. The number of anilines is 1. The fraction of sp³-hybridized carbons (Fsp3) is 0.533. The molecule has 23 heavy (non-hydrogen) atoms. The first kappa shape index (κ1) is 15.7. The van der Waals surface area contributed by atoms with Crippen LogP contribution < -0.4 is 10.6 Å². The SMILES string of the molecule is Cc1cc(NC(=O)CCN2CCNCC2c2nccn2C)no1. The van der Waals surface area contributed by atoms with Crippen molar-refractivity contribution in [3.05, 3.63) is 30.0 Å². The van der Waals surface area contributed by atoms with E-state index in [4.69, 9.17) is 4.52 Å². The van der Waals surface area contributed by atoms with E-state index in [1.54, 1.807) is 13.0 Å². The summed E-state index contributed by atoms with van der Waals surface area (Å²) in [4.78, 5) is 18.8. The summed E-state index contributed by atoms with van der Waals surface area (Å²) in [6, 6.07) is 1.89. The number of nitrogens with one attached hydrogen (secondary N) is 2. The molecule has 0 spiro atoms. The molecule has 0 saturated carbocycles. The van der Waals surface area contributed by atoms with Crippen LogP contribution in [0.1, 0.15) is 24.0 Å². The molecule has 0 bridgehead atoms. The van der Waals surface area contributed by atoms with E-state index in [1.807, 2.05) is 24.0 Å². The summed E-state index contributed by atoms with van der Waals surface area (Å²) >= 11 is 0. The summed E-state index contributed by atoms with van der Waals surface area (Å²) in [6.07, 6.45) is 4.16. The highest BCUT2D eigenvalue weighted by atomic mass is 16.5. The fourth-order valence-electron chi connectivity index (χ4n) is 2.84. The first-order valence-corrected chi connectivity index (χ1v) is 7.78. The Labute approximate surface area is 134 Å². The Kier molecular flexibility index (Phi) is 4.73. The summed E-state index contributed by atoms with van der Waals surface area (Å²) in [7, 11) is 1.99. The number of aryl methyl sites for hydroxylation is 2. The van der Waals surface area contributed by atoms with Crippen molar-refractivity contribution >= 4 is 11.7 Å². The highest BCUT2D eigenvalue weighted by molar-refractivity contribution is 5.89. The Morgan fingerprint density at radius 2 is 2.43 bits per heavy atom. The van der Waals surface area contributed by atoms with Crippen LogP contribution in [0.3, 0.4) is 0 Å². The minimum Gasteiger partial charge on any atom is -0.360 e. The number of carbonyl (C=O) groups is 1. The van der Waals surface area contributed by atoms with Crippen molar-refractivity contribution in [1.29, 1.82) is 0 Å². The highest BCUT2D eigenvalue weighted by Gasteiger charge is 2.26. The van der Waals surface area contributed by atoms with Gasteiger partial charge in [0.1, 0.15) is 11.6 Å². The summed E-state index contributed by atoms with van der Waals surface area (Å²) < 4.78 is 6.98. The molecule has 0 radical (unpaired) electrons. The van der Waals surface area contributed by atoms with Gasteiger partial charge in [0.2, 0.25) is 5.91 Å². The van der Waals surface area contributed by atoms with Gasteiger partial charge in [-0.15, -0.1) is 0 Å². The van der Waals surface area contributed by atoms with Gasteiger partial charge in [-0.3, -0.25) is 9.69 Å². The van der Waals surface area contributed by atoms with Crippen molar-refractivity contribution < 1.29 is 9.32 Å². The maximum absolute atomic E-state index is 12.1. The number of rotatable bonds is 5. The molecule has 1 amide bonds. The van der Waals surface area contributed by atoms with E-state index in [2.05, 4.69) is 25.7 Å². The third kappa shape index (κ3) is 3.77. The van der Waals surface area contributed by atoms with Crippen LogP contribution in [0.2, 0.25) is 0 Å². The molecule has 1 saturated heterocycles. The van der Waals surface area contributed by atoms with Crippen LogP contribution in [-0.4, -0.2) is 51.7 Å². The predicted octanol–water partition coefficient (Wildman–Crippen LogP) is 0.692. The summed E-state index contributed by atoms with van der Waals surface area (Å²) in [6.45, 7) is 5.14. The molecule has 8 heteroatoms. The maximum Gasteiger partial charge on any atom is 0.226 e. The Morgan fingerprint density at radius 1 is 1.57 bits per heavy atom. The lowest BCUT2D eigenvalue weighted by molar-refractivity contribution is -0.116. The van der Waals surface area contributed by atoms with Crippen LogP contribution >= 0.6 is 0 Å². The zero-order chi connectivity index (χ0) is 16.2. The predicted molar refractivity (Wildman–Crippen MR) is 84.9 cm³/mol. The maximum atomic E-state index is 12.1. The van der Waals surface area contributed by atoms with E-state index in [1.165, 1.54) is 0 Å². The zero-order valence-electron chi connectivity index (χ0n) is 13.5. The first-order valence-electron chi connectivity index (χ1n) is 7.78. The van der Waals surface area contributed by atoms with Gasteiger partial charge in [0.05, 0.1) is 6.04 Å². The van der Waals surface area contributed by atoms with E-state index < -0.39 is 0 Å². The van der Waals surface area contributed by atoms with E-state index in [9.17, 15) is 4.79 Å². The number of hydrogen-bond donors (Lipinski definition) is 2. The lowest BCUT2D eigenvalue weighted by Crippen LogP contribution is -2.47. The third-order valence-electron chi connectivity index (χ3n) is 4.03. The molecule has 124 valence electrons. The topological polar surface area (TPSA) is 88.2 Å². The van der Waals surface area contributed by atoms with Crippen molar-refractivity contribution in [2.75, 3.05) is 31.5 Å². The summed E-state index contributed by atoms with van der Waals surface area (Å²) in [5.41, 5.74) is 0. The average Bonchev–Trinajstić information content (AvgIpc) is 3.14. The van der Waals surface area contributed by atoms with Crippen molar-refractivity contribution in [2.45, 2.75) is 19.4 Å². The molecule has 0 aromatic carbocycles. The number of nitrogens with zero attached hydrogens (tertiary/aromatic N) is 4. The lowest BCUT2D eigenvalue weighted by Gasteiger charge is -2.35. The van der Waals surface area contributed by atoms with Crippen molar-refractivity contribution in [3.8, 4) is 0 Å². The second kappa shape index (κ2) is 6.93. The van der Waals surface area contributed by atoms with Gasteiger partial charge in [0.15, 0.2) is 5.82 Å². The third-order valence-corrected chi connectivity index (χ3v) is 4.03. The summed E-state index contributed by atoms with van der Waals surface area (Å²) in [5.74, 6) is 2.10. The normalized spacial score (nSPS) is 19.0. The van der Waals surface area contributed by atoms with Gasteiger partial charge in [0.25, 0.3) is 0 Å². The van der Waals surface area contributed by atoms with Gasteiger partial charge in [-0.25, -0.2) is 4.98 Å². The number of carbonyl (C=O) groups excluding carboxylic acids is 1. The smallest absolute Gasteiger partial charge is 0.226 e. The van der Waals surface area contributed by atoms with Crippen LogP contribution in [0, 0.1) is 6.92 Å². The standard InChI is InChI=1S/C15H22N6O2/c1-11-9-13(19-23-11)18-14(22)3-6-21-8-4-16-10-12(21)15-17-5-7-20(15)2/h5,7,9,12,16H,3-4,6,8,10H2,1-2H3,(H,18,19,22). The van der Waals surface area contributed by atoms with E-state index in [-0.39, 0.29) is 11.9 Å². The Bertz CT molecular complexity index is 664. The molecule has 2 aromatic heterocycles. The van der Waals surface area contributed by atoms with Gasteiger partial charge in [-0.2, -0.15) is 0 Å². The largest absolute Gasteiger partial charge is 0.360 e. The Balaban J connectivity index is 1.57. The Hall–Kier alpha value is -2.19. The lowest BCUT2D eigenvalue weighted by atomic mass is 10.1. The Morgan fingerprint density at radius 3 is 3.13 bits per heavy atom. The number of piperazine rings is 1. The van der Waals surface area contributed by atoms with Gasteiger partial charge >= 0.3 is 0 Å². The number of amides is 1. The summed E-state index contributed by atoms with van der Waals surface area (Å²) in [5, 5.41) is 9.92. The van der Waals surface area contributed by atoms with E-state index in [0.717, 1.165) is 25.5 Å². The molecular formula is C15H22N6O2. The molecule has 1 atom stereocenters. The molecule has 2 N–H and O–H groups in total. The molecule has 1 unspecified atom stereocenters. The zero-order valence-corrected chi connectivity index (χ0v) is 13.5. The number of aromatic nitrogens is 3. The molecule has 0 aliphatic carbocycles. The van der Waals surface area contributed by atoms with Gasteiger partial charge < -0.3 is 19.7 Å². The van der Waals surface area contributed by atoms with Crippen molar-refractivity contribution in [1.82, 2.24) is 24.9 Å². The van der Waals surface area contributed by atoms with Crippen LogP contribution in [0.5, 0.6) is 0 Å². The molecule has 3 rings (SSSR count). The van der Waals surface area contributed by atoms with E-state index in [0.29, 0.717) is 24.5 Å². The average molecular weight is 318 g/mol. The highest BCUT2D eigenvalue weighted by Crippen LogP contribution is 2.20. The van der Waals surface area contributed by atoms with Gasteiger partial charge in [0, 0.05) is 58.1 Å². The van der Waals surface area contributed by atoms with Gasteiger partial charge in [-0.05, 0) is 6.92 Å². The van der Waals surface area contributed by atoms with Crippen LogP contribution in [-0.2, 0) is 11.8 Å². The molecule has 3 heterocycles. The molecule has 1 aliphatic heterocycles. The minimum absolute atomic E-state index is 0.0598. The minimum atomic E-state index is -0.0598. The second-order valence-corrected chi connectivity index (χ2v) is 5.77. The number of hydrogen-bond acceptors (Lipinski definition) is 6. The number of imidazole rings is 1. The van der Waals surface area contributed by atoms with Crippen molar-refractivity contribution in [3.63, 3.8) is 0 Å². The van der Waals surface area contributed by atoms with Crippen LogP contribution in [0.4, 0.5) is 5.82 Å². The van der Waals surface area contributed by atoms with Crippen LogP contribution in [0.25, 0.3) is 0 Å². The second-order valence-electron chi connectivity index (χ2n) is 5.77. The van der Waals surface area contributed by atoms with Crippen molar-refractivity contribution in [2.24, 2.45) is 7.05 Å². The van der Waals surface area contributed by atoms with E-state index >= 15 is 0 Å². The molecule has 1 fully saturated rings. The van der Waals surface area contributed by atoms with Gasteiger partial charge in [-0.1, -0.05) is 5.16 Å². The molecule has 2 aromatic rings. The molecular weight excluding hydrogens is 296 g/mol. The monoisotopic (exact) mass is 318 g/mol. The fourth-order valence-corrected chi connectivity index (χ4v) is 2.84. The van der Waals surface area contributed by atoms with Crippen LogP contribution in [0.15, 0.2) is 23.0 Å². The molecule has 1 aliphatic rings. The quantitative estimate of drug-likeness (QED) is 0.843.